The van der Waals surface area contributed by atoms with Crippen molar-refractivity contribution in [2.24, 2.45) is 35.5 Å². The molecule has 0 heterocycles. The molecule has 0 amide bonds. The highest BCUT2D eigenvalue weighted by Gasteiger charge is 2.44. The summed E-state index contributed by atoms with van der Waals surface area (Å²) in [7, 11) is 0. The molecule has 0 radical (unpaired) electrons. The Hall–Kier alpha value is -0.330. The van der Waals surface area contributed by atoms with Crippen LogP contribution in [0.4, 0.5) is 0 Å². The van der Waals surface area contributed by atoms with E-state index in [1.54, 1.807) is 0 Å². The smallest absolute Gasteiger partial charge is 0.140 e. The van der Waals surface area contributed by atoms with Crippen LogP contribution in [0.2, 0.25) is 0 Å². The average molecular weight is 387 g/mol. The predicted molar refractivity (Wildman–Crippen MR) is 118 cm³/mol. The van der Waals surface area contributed by atoms with Crippen molar-refractivity contribution >= 4 is 5.78 Å². The second-order valence-electron chi connectivity index (χ2n) is 11.0. The first kappa shape index (κ1) is 20.9. The van der Waals surface area contributed by atoms with Crippen LogP contribution in [0.25, 0.3) is 0 Å². The number of carbonyl (C=O) groups is 1. The molecular weight excluding hydrogens is 340 g/mol. The number of carbonyl (C=O) groups excluding carboxylic acids is 1. The molecular formula is C27H46O. The minimum atomic E-state index is 0.439. The molecule has 0 aliphatic heterocycles. The van der Waals surface area contributed by atoms with Crippen LogP contribution in [0.3, 0.4) is 0 Å². The molecule has 4 fully saturated rings. The van der Waals surface area contributed by atoms with Crippen LogP contribution < -0.4 is 0 Å². The van der Waals surface area contributed by atoms with Gasteiger partial charge in [0.25, 0.3) is 0 Å². The third-order valence-electron chi connectivity index (χ3n) is 9.29. The molecule has 0 bridgehead atoms. The van der Waals surface area contributed by atoms with Gasteiger partial charge >= 0.3 is 0 Å². The Balaban J connectivity index is 1.57. The van der Waals surface area contributed by atoms with Gasteiger partial charge < -0.3 is 0 Å². The quantitative estimate of drug-likeness (QED) is 0.450. The first-order valence-electron chi connectivity index (χ1n) is 13.4. The number of Topliss-reactive ketones (excluding diaryl/α,β-unsaturated/α-hetero) is 1. The fourth-order valence-electron chi connectivity index (χ4n) is 7.89. The third kappa shape index (κ3) is 5.04. The molecule has 0 aromatic rings. The van der Waals surface area contributed by atoms with Gasteiger partial charge in [-0.3, -0.25) is 4.79 Å². The van der Waals surface area contributed by atoms with E-state index in [2.05, 4.69) is 0 Å². The number of rotatable bonds is 6. The summed E-state index contributed by atoms with van der Waals surface area (Å²) in [4.78, 5) is 14.4. The topological polar surface area (TPSA) is 17.1 Å². The van der Waals surface area contributed by atoms with E-state index in [0.29, 0.717) is 11.8 Å². The molecule has 0 aromatic heterocycles. The van der Waals surface area contributed by atoms with E-state index >= 15 is 0 Å². The molecule has 4 aliphatic carbocycles. The van der Waals surface area contributed by atoms with Gasteiger partial charge in [-0.1, -0.05) is 77.0 Å². The van der Waals surface area contributed by atoms with E-state index in [0.717, 1.165) is 29.5 Å². The van der Waals surface area contributed by atoms with E-state index in [-0.39, 0.29) is 0 Å². The van der Waals surface area contributed by atoms with Gasteiger partial charge in [0.05, 0.1) is 0 Å². The van der Waals surface area contributed by atoms with Crippen molar-refractivity contribution in [2.75, 3.05) is 0 Å². The Morgan fingerprint density at radius 2 is 0.607 bits per heavy atom. The molecule has 160 valence electrons. The summed E-state index contributed by atoms with van der Waals surface area (Å²) in [5.41, 5.74) is 0. The van der Waals surface area contributed by atoms with Crippen LogP contribution in [0.5, 0.6) is 0 Å². The Morgan fingerprint density at radius 3 is 0.821 bits per heavy atom. The van der Waals surface area contributed by atoms with Crippen molar-refractivity contribution in [1.29, 1.82) is 0 Å². The Kier molecular flexibility index (Phi) is 7.94. The standard InChI is InChI=1S/C27H46O/c28-27(25(21-13-5-1-6-14-21)22-15-7-2-8-16-22)26(23-17-9-3-10-18-23)24-19-11-4-12-20-24/h21-26H,1-20H2. The van der Waals surface area contributed by atoms with E-state index in [1.807, 2.05) is 0 Å². The van der Waals surface area contributed by atoms with E-state index in [9.17, 15) is 4.79 Å². The molecule has 0 atom stereocenters. The van der Waals surface area contributed by atoms with E-state index in [1.165, 1.54) is 128 Å². The van der Waals surface area contributed by atoms with Gasteiger partial charge in [-0.2, -0.15) is 0 Å². The van der Waals surface area contributed by atoms with Crippen LogP contribution in [0.15, 0.2) is 0 Å². The maximum Gasteiger partial charge on any atom is 0.140 e. The second kappa shape index (κ2) is 10.6. The lowest BCUT2D eigenvalue weighted by Gasteiger charge is -2.43. The molecule has 28 heavy (non-hydrogen) atoms. The molecule has 0 unspecified atom stereocenters. The van der Waals surface area contributed by atoms with Gasteiger partial charge in [0.2, 0.25) is 0 Å². The lowest BCUT2D eigenvalue weighted by atomic mass is 9.60. The third-order valence-corrected chi connectivity index (χ3v) is 9.29. The molecule has 4 aliphatic rings. The second-order valence-corrected chi connectivity index (χ2v) is 11.0. The van der Waals surface area contributed by atoms with Crippen LogP contribution in [-0.4, -0.2) is 5.78 Å². The fraction of sp³-hybridized carbons (Fsp3) is 0.963. The molecule has 1 heteroatoms. The van der Waals surface area contributed by atoms with Gasteiger partial charge in [0.1, 0.15) is 5.78 Å². The number of ketones is 1. The van der Waals surface area contributed by atoms with Crippen molar-refractivity contribution in [3.8, 4) is 0 Å². The van der Waals surface area contributed by atoms with Gasteiger partial charge in [0.15, 0.2) is 0 Å². The number of hydrogen-bond donors (Lipinski definition) is 0. The van der Waals surface area contributed by atoms with Gasteiger partial charge in [-0.25, -0.2) is 0 Å². The Morgan fingerprint density at radius 1 is 0.393 bits per heavy atom. The summed E-state index contributed by atoms with van der Waals surface area (Å²) >= 11 is 0. The maximum absolute atomic E-state index is 14.4. The maximum atomic E-state index is 14.4. The highest BCUT2D eigenvalue weighted by atomic mass is 16.1. The van der Waals surface area contributed by atoms with Gasteiger partial charge in [0, 0.05) is 11.8 Å². The van der Waals surface area contributed by atoms with Crippen molar-refractivity contribution in [2.45, 2.75) is 128 Å². The average Bonchev–Trinajstić information content (AvgIpc) is 2.77. The Labute approximate surface area is 174 Å². The molecule has 0 spiro atoms. The zero-order chi connectivity index (χ0) is 19.2. The molecule has 0 N–H and O–H groups in total. The minimum Gasteiger partial charge on any atom is -0.299 e. The van der Waals surface area contributed by atoms with Crippen molar-refractivity contribution in [3.05, 3.63) is 0 Å². The molecule has 4 rings (SSSR count). The first-order chi connectivity index (χ1) is 13.8. The molecule has 0 aromatic carbocycles. The summed E-state index contributed by atoms with van der Waals surface area (Å²) in [6, 6.07) is 0. The largest absolute Gasteiger partial charge is 0.299 e. The van der Waals surface area contributed by atoms with E-state index < -0.39 is 0 Å². The van der Waals surface area contributed by atoms with Gasteiger partial charge in [-0.15, -0.1) is 0 Å². The van der Waals surface area contributed by atoms with Crippen molar-refractivity contribution in [1.82, 2.24) is 0 Å². The monoisotopic (exact) mass is 386 g/mol. The lowest BCUT2D eigenvalue weighted by Crippen LogP contribution is -2.43. The number of hydrogen-bond acceptors (Lipinski definition) is 1. The van der Waals surface area contributed by atoms with Crippen molar-refractivity contribution < 1.29 is 4.79 Å². The SMILES string of the molecule is O=C(C(C1CCCCC1)C1CCCCC1)C(C1CCCCC1)C1CCCCC1. The highest BCUT2D eigenvalue weighted by molar-refractivity contribution is 5.84. The van der Waals surface area contributed by atoms with Crippen LogP contribution >= 0.6 is 0 Å². The minimum absolute atomic E-state index is 0.439. The summed E-state index contributed by atoms with van der Waals surface area (Å²) in [6.07, 6.45) is 27.6. The molecule has 4 saturated carbocycles. The summed E-state index contributed by atoms with van der Waals surface area (Å²) < 4.78 is 0. The summed E-state index contributed by atoms with van der Waals surface area (Å²) in [5.74, 6) is 4.62. The normalized spacial score (nSPS) is 27.5. The zero-order valence-electron chi connectivity index (χ0n) is 18.5. The molecule has 1 nitrogen and oxygen atoms in total. The zero-order valence-corrected chi connectivity index (χ0v) is 18.5. The van der Waals surface area contributed by atoms with E-state index in [4.69, 9.17) is 0 Å². The first-order valence-corrected chi connectivity index (χ1v) is 13.4. The fourth-order valence-corrected chi connectivity index (χ4v) is 7.89. The lowest BCUT2D eigenvalue weighted by molar-refractivity contribution is -0.137. The predicted octanol–water partition coefficient (Wildman–Crippen LogP) is 8.11. The molecule has 0 saturated heterocycles. The van der Waals surface area contributed by atoms with Crippen LogP contribution in [-0.2, 0) is 4.79 Å². The van der Waals surface area contributed by atoms with Crippen LogP contribution in [0, 0.1) is 35.5 Å². The summed E-state index contributed by atoms with van der Waals surface area (Å²) in [6.45, 7) is 0. The summed E-state index contributed by atoms with van der Waals surface area (Å²) in [5, 5.41) is 0. The highest BCUT2D eigenvalue weighted by Crippen LogP contribution is 2.47. The van der Waals surface area contributed by atoms with Crippen LogP contribution in [0.1, 0.15) is 128 Å². The Bertz CT molecular complexity index is 381. The van der Waals surface area contributed by atoms with Crippen molar-refractivity contribution in [3.63, 3.8) is 0 Å². The van der Waals surface area contributed by atoms with Gasteiger partial charge in [-0.05, 0) is 75.0 Å².